The largest absolute Gasteiger partial charge is 0.508 e. The number of hydrogen-bond acceptors (Lipinski definition) is 3. The Morgan fingerprint density at radius 3 is 2.32 bits per heavy atom. The van der Waals surface area contributed by atoms with Crippen molar-refractivity contribution < 1.29 is 18.3 Å². The van der Waals surface area contributed by atoms with Crippen molar-refractivity contribution in [3.63, 3.8) is 0 Å². The van der Waals surface area contributed by atoms with E-state index in [0.717, 1.165) is 5.56 Å². The molecule has 1 aromatic rings. The molecular weight excluding hydrogens is 340 g/mol. The smallest absolute Gasteiger partial charge is 0.390 e. The number of rotatable bonds is 3. The van der Waals surface area contributed by atoms with Crippen LogP contribution in [0.1, 0.15) is 23.6 Å². The SMILES string of the molecule is Cc1ccc([C@H](CC(F)(F)F)N2CCNCC2)c(O)c1.Cl.Cl. The minimum atomic E-state index is -4.26. The zero-order chi connectivity index (χ0) is 14.8. The molecule has 2 N–H and O–H groups in total. The predicted octanol–water partition coefficient (Wildman–Crippen LogP) is 3.44. The fraction of sp³-hybridized carbons (Fsp3) is 0.571. The minimum absolute atomic E-state index is 0. The van der Waals surface area contributed by atoms with Crippen LogP contribution in [0, 0.1) is 6.92 Å². The van der Waals surface area contributed by atoms with Gasteiger partial charge in [-0.3, -0.25) is 4.90 Å². The summed E-state index contributed by atoms with van der Waals surface area (Å²) in [5.41, 5.74) is 1.19. The fourth-order valence-electron chi connectivity index (χ4n) is 2.58. The van der Waals surface area contributed by atoms with E-state index in [1.807, 2.05) is 0 Å². The summed E-state index contributed by atoms with van der Waals surface area (Å²) < 4.78 is 38.5. The van der Waals surface area contributed by atoms with Crippen molar-refractivity contribution in [3.8, 4) is 5.75 Å². The first-order valence-electron chi connectivity index (χ1n) is 6.68. The number of nitrogens with one attached hydrogen (secondary N) is 1. The van der Waals surface area contributed by atoms with Gasteiger partial charge in [-0.05, 0) is 18.6 Å². The standard InChI is InChI=1S/C14H19F3N2O.2ClH/c1-10-2-3-11(13(20)8-10)12(9-14(15,16)17)19-6-4-18-5-7-19;;/h2-3,8,12,18,20H,4-7,9H2,1H3;2*1H/t12-;;/m0../s1. The fourth-order valence-corrected chi connectivity index (χ4v) is 2.58. The first-order chi connectivity index (χ1) is 9.37. The van der Waals surface area contributed by atoms with Crippen LogP contribution < -0.4 is 5.32 Å². The van der Waals surface area contributed by atoms with Gasteiger partial charge in [-0.25, -0.2) is 0 Å². The molecule has 1 heterocycles. The van der Waals surface area contributed by atoms with Crippen LogP contribution in [-0.4, -0.2) is 42.4 Å². The Morgan fingerprint density at radius 1 is 1.23 bits per heavy atom. The molecule has 2 rings (SSSR count). The summed E-state index contributed by atoms with van der Waals surface area (Å²) in [5, 5.41) is 13.1. The molecule has 1 aromatic carbocycles. The second-order valence-electron chi connectivity index (χ2n) is 5.18. The van der Waals surface area contributed by atoms with Crippen LogP contribution in [0.5, 0.6) is 5.75 Å². The Kier molecular flexibility index (Phi) is 8.54. The number of piperazine rings is 1. The van der Waals surface area contributed by atoms with Crippen molar-refractivity contribution in [1.29, 1.82) is 0 Å². The summed E-state index contributed by atoms with van der Waals surface area (Å²) >= 11 is 0. The van der Waals surface area contributed by atoms with Gasteiger partial charge in [0.25, 0.3) is 0 Å². The molecule has 0 aliphatic carbocycles. The molecular formula is C14H21Cl2F3N2O. The zero-order valence-corrected chi connectivity index (χ0v) is 13.8. The lowest BCUT2D eigenvalue weighted by atomic mass is 9.98. The third-order valence-corrected chi connectivity index (χ3v) is 3.56. The van der Waals surface area contributed by atoms with Crippen molar-refractivity contribution in [2.75, 3.05) is 26.2 Å². The lowest BCUT2D eigenvalue weighted by Gasteiger charge is -2.36. The molecule has 0 bridgehead atoms. The van der Waals surface area contributed by atoms with E-state index in [1.54, 1.807) is 24.0 Å². The molecule has 3 nitrogen and oxygen atoms in total. The van der Waals surface area contributed by atoms with E-state index in [1.165, 1.54) is 6.07 Å². The normalized spacial score (nSPS) is 17.3. The predicted molar refractivity (Wildman–Crippen MR) is 85.2 cm³/mol. The lowest BCUT2D eigenvalue weighted by molar-refractivity contribution is -0.148. The first-order valence-corrected chi connectivity index (χ1v) is 6.68. The molecule has 1 atom stereocenters. The maximum Gasteiger partial charge on any atom is 0.390 e. The molecule has 0 saturated carbocycles. The molecule has 1 aliphatic heterocycles. The van der Waals surface area contributed by atoms with E-state index in [0.29, 0.717) is 31.7 Å². The van der Waals surface area contributed by atoms with Gasteiger partial charge in [0.15, 0.2) is 0 Å². The molecule has 0 unspecified atom stereocenters. The van der Waals surface area contributed by atoms with Gasteiger partial charge in [0, 0.05) is 37.8 Å². The Balaban J connectivity index is 0.00000220. The summed E-state index contributed by atoms with van der Waals surface area (Å²) in [5.74, 6) is -0.0576. The molecule has 1 saturated heterocycles. The van der Waals surface area contributed by atoms with Gasteiger partial charge in [0.2, 0.25) is 0 Å². The van der Waals surface area contributed by atoms with E-state index in [2.05, 4.69) is 5.32 Å². The summed E-state index contributed by atoms with van der Waals surface area (Å²) in [4.78, 5) is 1.79. The van der Waals surface area contributed by atoms with E-state index in [4.69, 9.17) is 0 Å². The Hall–Kier alpha value is -0.690. The third kappa shape index (κ3) is 5.83. The first kappa shape index (κ1) is 21.3. The van der Waals surface area contributed by atoms with Crippen molar-refractivity contribution >= 4 is 24.8 Å². The monoisotopic (exact) mass is 360 g/mol. The molecule has 0 radical (unpaired) electrons. The number of aromatic hydroxyl groups is 1. The molecule has 0 aromatic heterocycles. The molecule has 22 heavy (non-hydrogen) atoms. The third-order valence-electron chi connectivity index (χ3n) is 3.56. The van der Waals surface area contributed by atoms with E-state index < -0.39 is 18.6 Å². The van der Waals surface area contributed by atoms with E-state index >= 15 is 0 Å². The number of phenols is 1. The second-order valence-corrected chi connectivity index (χ2v) is 5.18. The highest BCUT2D eigenvalue weighted by molar-refractivity contribution is 5.85. The van der Waals surface area contributed by atoms with Gasteiger partial charge in [-0.1, -0.05) is 12.1 Å². The van der Waals surface area contributed by atoms with Gasteiger partial charge >= 0.3 is 6.18 Å². The van der Waals surface area contributed by atoms with Crippen LogP contribution >= 0.6 is 24.8 Å². The molecule has 1 fully saturated rings. The number of nitrogens with zero attached hydrogens (tertiary/aromatic N) is 1. The molecule has 128 valence electrons. The van der Waals surface area contributed by atoms with Crippen molar-refractivity contribution in [3.05, 3.63) is 29.3 Å². The summed E-state index contributed by atoms with van der Waals surface area (Å²) in [6, 6.07) is 4.03. The number of halogens is 5. The molecule has 1 aliphatic rings. The van der Waals surface area contributed by atoms with Gasteiger partial charge in [0.1, 0.15) is 5.75 Å². The van der Waals surface area contributed by atoms with Gasteiger partial charge in [-0.2, -0.15) is 13.2 Å². The van der Waals surface area contributed by atoms with E-state index in [9.17, 15) is 18.3 Å². The van der Waals surface area contributed by atoms with Crippen LogP contribution in [0.2, 0.25) is 0 Å². The topological polar surface area (TPSA) is 35.5 Å². The summed E-state index contributed by atoms with van der Waals surface area (Å²) in [7, 11) is 0. The summed E-state index contributed by atoms with van der Waals surface area (Å²) in [6.07, 6.45) is -5.20. The van der Waals surface area contributed by atoms with Gasteiger partial charge < -0.3 is 10.4 Å². The number of phenolic OH excluding ortho intramolecular Hbond substituents is 1. The van der Waals surface area contributed by atoms with Crippen LogP contribution in [-0.2, 0) is 0 Å². The zero-order valence-electron chi connectivity index (χ0n) is 12.2. The van der Waals surface area contributed by atoms with Crippen molar-refractivity contribution in [2.24, 2.45) is 0 Å². The number of alkyl halides is 3. The lowest BCUT2D eigenvalue weighted by Crippen LogP contribution is -2.46. The second kappa shape index (κ2) is 8.82. The average molecular weight is 361 g/mol. The molecule has 8 heteroatoms. The molecule has 0 amide bonds. The van der Waals surface area contributed by atoms with Crippen molar-refractivity contribution in [2.45, 2.75) is 25.6 Å². The minimum Gasteiger partial charge on any atom is -0.508 e. The van der Waals surface area contributed by atoms with Gasteiger partial charge in [0.05, 0.1) is 6.42 Å². The number of hydrogen-bond donors (Lipinski definition) is 2. The Bertz CT molecular complexity index is 466. The highest BCUT2D eigenvalue weighted by Crippen LogP contribution is 2.37. The molecule has 0 spiro atoms. The van der Waals surface area contributed by atoms with Crippen LogP contribution in [0.25, 0.3) is 0 Å². The number of aryl methyl sites for hydroxylation is 1. The average Bonchev–Trinajstić information content (AvgIpc) is 2.36. The van der Waals surface area contributed by atoms with Gasteiger partial charge in [-0.15, -0.1) is 24.8 Å². The highest BCUT2D eigenvalue weighted by Gasteiger charge is 2.36. The van der Waals surface area contributed by atoms with Crippen LogP contribution in [0.3, 0.4) is 0 Å². The Morgan fingerprint density at radius 2 is 1.82 bits per heavy atom. The van der Waals surface area contributed by atoms with Crippen LogP contribution in [0.4, 0.5) is 13.2 Å². The quantitative estimate of drug-likeness (QED) is 0.866. The number of benzene rings is 1. The maximum absolute atomic E-state index is 12.8. The van der Waals surface area contributed by atoms with Crippen LogP contribution in [0.15, 0.2) is 18.2 Å². The maximum atomic E-state index is 12.8. The van der Waals surface area contributed by atoms with Crippen molar-refractivity contribution in [1.82, 2.24) is 10.2 Å². The Labute approximate surface area is 140 Å². The summed E-state index contributed by atoms with van der Waals surface area (Å²) in [6.45, 7) is 4.23. The highest BCUT2D eigenvalue weighted by atomic mass is 35.5. The van der Waals surface area contributed by atoms with E-state index in [-0.39, 0.29) is 30.6 Å².